The van der Waals surface area contributed by atoms with Gasteiger partial charge < -0.3 is 0 Å². The SMILES string of the molecule is Cc1ncc(CN(C(C)C)C(C)C)s1. The van der Waals surface area contributed by atoms with Gasteiger partial charge in [0.15, 0.2) is 0 Å². The molecule has 0 aliphatic carbocycles. The topological polar surface area (TPSA) is 16.1 Å². The minimum atomic E-state index is 0.595. The fourth-order valence-electron chi connectivity index (χ4n) is 1.62. The first kappa shape index (κ1) is 11.7. The second-order valence-electron chi connectivity index (χ2n) is 4.21. The maximum Gasteiger partial charge on any atom is 0.0897 e. The van der Waals surface area contributed by atoms with Gasteiger partial charge in [-0.3, -0.25) is 4.90 Å². The molecular weight excluding hydrogens is 192 g/mol. The van der Waals surface area contributed by atoms with E-state index in [1.807, 2.05) is 6.20 Å². The van der Waals surface area contributed by atoms with Gasteiger partial charge in [-0.25, -0.2) is 4.98 Å². The number of aryl methyl sites for hydroxylation is 1. The largest absolute Gasteiger partial charge is 0.293 e. The molecule has 3 heteroatoms. The Balaban J connectivity index is 2.64. The van der Waals surface area contributed by atoms with Gasteiger partial charge in [0.05, 0.1) is 5.01 Å². The highest BCUT2D eigenvalue weighted by molar-refractivity contribution is 7.11. The number of rotatable bonds is 4. The van der Waals surface area contributed by atoms with Gasteiger partial charge >= 0.3 is 0 Å². The van der Waals surface area contributed by atoms with Crippen LogP contribution in [0.3, 0.4) is 0 Å². The third-order valence-electron chi connectivity index (χ3n) is 2.33. The normalized spacial score (nSPS) is 12.0. The highest BCUT2D eigenvalue weighted by Crippen LogP contribution is 2.17. The molecule has 0 fully saturated rings. The van der Waals surface area contributed by atoms with Crippen LogP contribution in [0.1, 0.15) is 37.6 Å². The van der Waals surface area contributed by atoms with Crippen LogP contribution in [0.25, 0.3) is 0 Å². The van der Waals surface area contributed by atoms with Crippen molar-refractivity contribution in [1.29, 1.82) is 0 Å². The van der Waals surface area contributed by atoms with Crippen molar-refractivity contribution in [3.63, 3.8) is 0 Å². The van der Waals surface area contributed by atoms with E-state index in [0.717, 1.165) is 11.6 Å². The molecule has 0 saturated carbocycles. The Hall–Kier alpha value is -0.410. The van der Waals surface area contributed by atoms with E-state index in [2.05, 4.69) is 44.5 Å². The summed E-state index contributed by atoms with van der Waals surface area (Å²) in [6.45, 7) is 12.1. The number of thiazole rings is 1. The first-order valence-corrected chi connectivity index (χ1v) is 5.99. The zero-order valence-electron chi connectivity index (χ0n) is 9.74. The molecule has 2 nitrogen and oxygen atoms in total. The quantitative estimate of drug-likeness (QED) is 0.762. The number of aromatic nitrogens is 1. The van der Waals surface area contributed by atoms with Crippen LogP contribution >= 0.6 is 11.3 Å². The van der Waals surface area contributed by atoms with Gasteiger partial charge in [-0.2, -0.15) is 0 Å². The van der Waals surface area contributed by atoms with E-state index in [4.69, 9.17) is 0 Å². The molecule has 0 unspecified atom stereocenters. The Labute approximate surface area is 91.0 Å². The highest BCUT2D eigenvalue weighted by atomic mass is 32.1. The van der Waals surface area contributed by atoms with E-state index >= 15 is 0 Å². The molecular formula is C11H20N2S. The van der Waals surface area contributed by atoms with Gasteiger partial charge in [0.2, 0.25) is 0 Å². The lowest BCUT2D eigenvalue weighted by atomic mass is 10.2. The zero-order valence-corrected chi connectivity index (χ0v) is 10.6. The molecule has 0 aromatic carbocycles. The second-order valence-corrected chi connectivity index (χ2v) is 5.52. The maximum atomic E-state index is 4.28. The molecule has 0 bridgehead atoms. The van der Waals surface area contributed by atoms with Crippen molar-refractivity contribution in [3.05, 3.63) is 16.1 Å². The number of hydrogen-bond acceptors (Lipinski definition) is 3. The van der Waals surface area contributed by atoms with Gasteiger partial charge in [-0.1, -0.05) is 0 Å². The van der Waals surface area contributed by atoms with E-state index < -0.39 is 0 Å². The zero-order chi connectivity index (χ0) is 10.7. The molecule has 0 aliphatic rings. The summed E-state index contributed by atoms with van der Waals surface area (Å²) < 4.78 is 0. The number of hydrogen-bond donors (Lipinski definition) is 0. The molecule has 0 aliphatic heterocycles. The summed E-state index contributed by atoms with van der Waals surface area (Å²) in [7, 11) is 0. The van der Waals surface area contributed by atoms with Crippen molar-refractivity contribution < 1.29 is 0 Å². The van der Waals surface area contributed by atoms with Crippen LogP contribution in [0.2, 0.25) is 0 Å². The van der Waals surface area contributed by atoms with Crippen molar-refractivity contribution in [3.8, 4) is 0 Å². The molecule has 1 heterocycles. The molecule has 1 aromatic heterocycles. The summed E-state index contributed by atoms with van der Waals surface area (Å²) in [5.41, 5.74) is 0. The molecule has 0 N–H and O–H groups in total. The van der Waals surface area contributed by atoms with Crippen LogP contribution in [0.4, 0.5) is 0 Å². The van der Waals surface area contributed by atoms with Crippen molar-refractivity contribution in [2.75, 3.05) is 0 Å². The summed E-state index contributed by atoms with van der Waals surface area (Å²) >= 11 is 1.80. The smallest absolute Gasteiger partial charge is 0.0897 e. The van der Waals surface area contributed by atoms with E-state index in [9.17, 15) is 0 Å². The van der Waals surface area contributed by atoms with Gasteiger partial charge in [0.25, 0.3) is 0 Å². The fourth-order valence-corrected chi connectivity index (χ4v) is 2.42. The van der Waals surface area contributed by atoms with Gasteiger partial charge in [0, 0.05) is 29.7 Å². The molecule has 0 amide bonds. The predicted molar refractivity (Wildman–Crippen MR) is 62.7 cm³/mol. The van der Waals surface area contributed by atoms with Crippen molar-refractivity contribution in [2.45, 2.75) is 53.2 Å². The molecule has 0 radical (unpaired) electrons. The molecule has 0 spiro atoms. The average Bonchev–Trinajstić information content (AvgIpc) is 2.46. The average molecular weight is 212 g/mol. The Morgan fingerprint density at radius 3 is 2.21 bits per heavy atom. The van der Waals surface area contributed by atoms with Gasteiger partial charge in [-0.15, -0.1) is 11.3 Å². The lowest BCUT2D eigenvalue weighted by molar-refractivity contribution is 0.167. The molecule has 0 atom stereocenters. The second kappa shape index (κ2) is 4.89. The Morgan fingerprint density at radius 1 is 1.29 bits per heavy atom. The van der Waals surface area contributed by atoms with Crippen LogP contribution in [0.15, 0.2) is 6.20 Å². The van der Waals surface area contributed by atoms with Crippen LogP contribution in [-0.2, 0) is 6.54 Å². The highest BCUT2D eigenvalue weighted by Gasteiger charge is 2.14. The summed E-state index contributed by atoms with van der Waals surface area (Å²) in [6, 6.07) is 1.19. The van der Waals surface area contributed by atoms with Crippen LogP contribution in [0.5, 0.6) is 0 Å². The van der Waals surface area contributed by atoms with Gasteiger partial charge in [-0.05, 0) is 34.6 Å². The molecule has 1 rings (SSSR count). The molecule has 0 saturated heterocycles. The molecule has 1 aromatic rings. The van der Waals surface area contributed by atoms with Crippen LogP contribution in [0, 0.1) is 6.92 Å². The van der Waals surface area contributed by atoms with Crippen LogP contribution < -0.4 is 0 Å². The van der Waals surface area contributed by atoms with Crippen molar-refractivity contribution in [1.82, 2.24) is 9.88 Å². The molecule has 14 heavy (non-hydrogen) atoms. The van der Waals surface area contributed by atoms with E-state index in [1.54, 1.807) is 11.3 Å². The Morgan fingerprint density at radius 2 is 1.86 bits per heavy atom. The monoisotopic (exact) mass is 212 g/mol. The minimum Gasteiger partial charge on any atom is -0.293 e. The maximum absolute atomic E-state index is 4.28. The van der Waals surface area contributed by atoms with Gasteiger partial charge in [0.1, 0.15) is 0 Å². The van der Waals surface area contributed by atoms with Crippen LogP contribution in [-0.4, -0.2) is 22.0 Å². The van der Waals surface area contributed by atoms with E-state index in [1.165, 1.54) is 4.88 Å². The third kappa shape index (κ3) is 3.07. The van der Waals surface area contributed by atoms with Crippen molar-refractivity contribution >= 4 is 11.3 Å². The van der Waals surface area contributed by atoms with E-state index in [0.29, 0.717) is 12.1 Å². The summed E-state index contributed by atoms with van der Waals surface area (Å²) in [6.07, 6.45) is 2.00. The Bertz CT molecular complexity index is 271. The lowest BCUT2D eigenvalue weighted by Gasteiger charge is -2.29. The fraction of sp³-hybridized carbons (Fsp3) is 0.727. The first-order valence-electron chi connectivity index (χ1n) is 5.17. The molecule has 80 valence electrons. The summed E-state index contributed by atoms with van der Waals surface area (Å²) in [5.74, 6) is 0. The third-order valence-corrected chi connectivity index (χ3v) is 3.23. The minimum absolute atomic E-state index is 0.595. The van der Waals surface area contributed by atoms with E-state index in [-0.39, 0.29) is 0 Å². The predicted octanol–water partition coefficient (Wildman–Crippen LogP) is 3.07. The number of nitrogens with zero attached hydrogens (tertiary/aromatic N) is 2. The lowest BCUT2D eigenvalue weighted by Crippen LogP contribution is -2.36. The summed E-state index contributed by atoms with van der Waals surface area (Å²) in [5, 5.41) is 1.16. The standard InChI is InChI=1S/C11H20N2S/c1-8(2)13(9(3)4)7-11-6-12-10(5)14-11/h6,8-9H,7H2,1-5H3. The summed E-state index contributed by atoms with van der Waals surface area (Å²) in [4.78, 5) is 8.12. The first-order chi connectivity index (χ1) is 6.50. The Kier molecular flexibility index (Phi) is 4.08. The van der Waals surface area contributed by atoms with Crippen molar-refractivity contribution in [2.24, 2.45) is 0 Å².